The second-order valence-corrected chi connectivity index (χ2v) is 7.60. The smallest absolute Gasteiger partial charge is 0.0471 e. The van der Waals surface area contributed by atoms with Gasteiger partial charge in [0, 0.05) is 29.8 Å². The zero-order valence-electron chi connectivity index (χ0n) is 10.6. The molecular weight excluding hydrogens is 218 g/mol. The minimum Gasteiger partial charge on any atom is -0.381 e. The van der Waals surface area contributed by atoms with Gasteiger partial charge in [0.2, 0.25) is 0 Å². The van der Waals surface area contributed by atoms with E-state index in [0.717, 1.165) is 25.0 Å². The van der Waals surface area contributed by atoms with Crippen molar-refractivity contribution in [3.63, 3.8) is 0 Å². The summed E-state index contributed by atoms with van der Waals surface area (Å²) >= 11 is 2.14. The maximum absolute atomic E-state index is 6.01. The van der Waals surface area contributed by atoms with Gasteiger partial charge in [0.1, 0.15) is 0 Å². The molecule has 94 valence electrons. The molecule has 0 aromatic heterocycles. The van der Waals surface area contributed by atoms with Crippen LogP contribution in [-0.4, -0.2) is 29.8 Å². The first-order chi connectivity index (χ1) is 7.64. The number of hydrogen-bond donors (Lipinski definition) is 1. The van der Waals surface area contributed by atoms with E-state index in [2.05, 4.69) is 25.6 Å². The molecule has 3 heteroatoms. The highest BCUT2D eigenvalue weighted by molar-refractivity contribution is 8.01. The summed E-state index contributed by atoms with van der Waals surface area (Å²) in [7, 11) is 0. The van der Waals surface area contributed by atoms with E-state index < -0.39 is 0 Å². The van der Waals surface area contributed by atoms with Gasteiger partial charge < -0.3 is 10.5 Å². The fourth-order valence-corrected chi connectivity index (χ4v) is 5.15. The predicted octanol–water partition coefficient (Wildman–Crippen LogP) is 2.81. The van der Waals surface area contributed by atoms with Crippen LogP contribution in [-0.2, 0) is 4.74 Å². The molecule has 0 aromatic carbocycles. The van der Waals surface area contributed by atoms with Crippen molar-refractivity contribution in [3.8, 4) is 0 Å². The van der Waals surface area contributed by atoms with Gasteiger partial charge in [-0.3, -0.25) is 0 Å². The molecular formula is C13H25NOS. The fourth-order valence-electron chi connectivity index (χ4n) is 3.26. The highest BCUT2D eigenvalue weighted by atomic mass is 32.2. The molecule has 0 aromatic rings. The van der Waals surface area contributed by atoms with E-state index in [1.807, 2.05) is 0 Å². The Labute approximate surface area is 104 Å². The van der Waals surface area contributed by atoms with Crippen LogP contribution in [0.4, 0.5) is 0 Å². The lowest BCUT2D eigenvalue weighted by Crippen LogP contribution is -2.56. The largest absolute Gasteiger partial charge is 0.381 e. The molecule has 16 heavy (non-hydrogen) atoms. The number of ether oxygens (including phenoxy) is 1. The average Bonchev–Trinajstić information content (AvgIpc) is 2.27. The van der Waals surface area contributed by atoms with Gasteiger partial charge in [-0.05, 0) is 37.5 Å². The number of rotatable bonds is 4. The van der Waals surface area contributed by atoms with Crippen LogP contribution in [0, 0.1) is 5.41 Å². The van der Waals surface area contributed by atoms with Crippen LogP contribution in [0.1, 0.15) is 46.0 Å². The summed E-state index contributed by atoms with van der Waals surface area (Å²) in [6.07, 6.45) is 6.43. The summed E-state index contributed by atoms with van der Waals surface area (Å²) in [5, 5.41) is 0.751. The quantitative estimate of drug-likeness (QED) is 0.824. The third-order valence-corrected chi connectivity index (χ3v) is 6.04. The van der Waals surface area contributed by atoms with Crippen molar-refractivity contribution in [1.82, 2.24) is 0 Å². The van der Waals surface area contributed by atoms with Crippen LogP contribution in [0.15, 0.2) is 0 Å². The highest BCUT2D eigenvalue weighted by Gasteiger charge is 2.54. The van der Waals surface area contributed by atoms with Gasteiger partial charge in [-0.1, -0.05) is 13.8 Å². The van der Waals surface area contributed by atoms with Gasteiger partial charge in [0.25, 0.3) is 0 Å². The third kappa shape index (κ3) is 2.41. The first-order valence-electron chi connectivity index (χ1n) is 6.59. The Hall–Kier alpha value is 0.270. The lowest BCUT2D eigenvalue weighted by molar-refractivity contribution is -0.0452. The number of hydrogen-bond acceptors (Lipinski definition) is 3. The molecule has 1 atom stereocenters. The predicted molar refractivity (Wildman–Crippen MR) is 70.8 cm³/mol. The topological polar surface area (TPSA) is 35.2 Å². The van der Waals surface area contributed by atoms with Gasteiger partial charge in [-0.25, -0.2) is 0 Å². The molecule has 2 nitrogen and oxygen atoms in total. The summed E-state index contributed by atoms with van der Waals surface area (Å²) in [6.45, 7) is 7.38. The number of nitrogens with two attached hydrogens (primary N) is 1. The first kappa shape index (κ1) is 12.7. The maximum atomic E-state index is 6.01. The Morgan fingerprint density at radius 2 is 1.94 bits per heavy atom. The number of thioether (sulfide) groups is 1. The SMILES string of the molecule is CCC(C)SC1(CN)CC2(CCOCC2)C1. The van der Waals surface area contributed by atoms with Crippen LogP contribution in [0.3, 0.4) is 0 Å². The van der Waals surface area contributed by atoms with Crippen molar-refractivity contribution < 1.29 is 4.74 Å². The van der Waals surface area contributed by atoms with Crippen LogP contribution in [0.5, 0.6) is 0 Å². The standard InChI is InChI=1S/C13H25NOS/c1-3-11(2)16-13(10-14)8-12(9-13)4-6-15-7-5-12/h11H,3-10,14H2,1-2H3. The van der Waals surface area contributed by atoms with Gasteiger partial charge >= 0.3 is 0 Å². The van der Waals surface area contributed by atoms with E-state index in [0.29, 0.717) is 10.2 Å². The van der Waals surface area contributed by atoms with E-state index in [1.54, 1.807) is 0 Å². The van der Waals surface area contributed by atoms with Crippen molar-refractivity contribution in [3.05, 3.63) is 0 Å². The van der Waals surface area contributed by atoms with Crippen molar-refractivity contribution >= 4 is 11.8 Å². The summed E-state index contributed by atoms with van der Waals surface area (Å²) in [4.78, 5) is 0. The average molecular weight is 243 g/mol. The summed E-state index contributed by atoms with van der Waals surface area (Å²) in [5.41, 5.74) is 6.61. The maximum Gasteiger partial charge on any atom is 0.0471 e. The van der Waals surface area contributed by atoms with E-state index in [-0.39, 0.29) is 0 Å². The van der Waals surface area contributed by atoms with E-state index in [1.165, 1.54) is 32.1 Å². The second kappa shape index (κ2) is 4.87. The van der Waals surface area contributed by atoms with Crippen molar-refractivity contribution in [2.75, 3.05) is 19.8 Å². The first-order valence-corrected chi connectivity index (χ1v) is 7.47. The molecule has 2 rings (SSSR count). The van der Waals surface area contributed by atoms with Crippen LogP contribution >= 0.6 is 11.8 Å². The Balaban J connectivity index is 1.90. The Morgan fingerprint density at radius 1 is 1.31 bits per heavy atom. The molecule has 2 aliphatic rings. The van der Waals surface area contributed by atoms with Gasteiger partial charge in [0.15, 0.2) is 0 Å². The van der Waals surface area contributed by atoms with Gasteiger partial charge in [0.05, 0.1) is 0 Å². The normalized spacial score (nSPS) is 28.7. The van der Waals surface area contributed by atoms with Crippen LogP contribution in [0.25, 0.3) is 0 Å². The van der Waals surface area contributed by atoms with Crippen LogP contribution in [0.2, 0.25) is 0 Å². The minimum atomic E-state index is 0.396. The van der Waals surface area contributed by atoms with Gasteiger partial charge in [-0.15, -0.1) is 0 Å². The summed E-state index contributed by atoms with van der Waals surface area (Å²) < 4.78 is 5.86. The molecule has 0 amide bonds. The minimum absolute atomic E-state index is 0.396. The van der Waals surface area contributed by atoms with E-state index in [9.17, 15) is 0 Å². The monoisotopic (exact) mass is 243 g/mol. The van der Waals surface area contributed by atoms with Crippen LogP contribution < -0.4 is 5.73 Å². The molecule has 1 aliphatic heterocycles. The molecule has 1 spiro atoms. The molecule has 2 fully saturated rings. The third-order valence-electron chi connectivity index (χ3n) is 4.35. The van der Waals surface area contributed by atoms with Crippen molar-refractivity contribution in [1.29, 1.82) is 0 Å². The zero-order valence-corrected chi connectivity index (χ0v) is 11.4. The Kier molecular flexibility index (Phi) is 3.87. The van der Waals surface area contributed by atoms with E-state index in [4.69, 9.17) is 10.5 Å². The molecule has 1 saturated heterocycles. The molecule has 1 aliphatic carbocycles. The zero-order chi connectivity index (χ0) is 11.6. The second-order valence-electron chi connectivity index (χ2n) is 5.69. The fraction of sp³-hybridized carbons (Fsp3) is 1.00. The molecule has 0 radical (unpaired) electrons. The van der Waals surface area contributed by atoms with Crippen molar-refractivity contribution in [2.24, 2.45) is 11.1 Å². The Morgan fingerprint density at radius 3 is 2.44 bits per heavy atom. The lowest BCUT2D eigenvalue weighted by Gasteiger charge is -2.58. The molecule has 2 N–H and O–H groups in total. The summed E-state index contributed by atoms with van der Waals surface area (Å²) in [6, 6.07) is 0. The van der Waals surface area contributed by atoms with E-state index >= 15 is 0 Å². The Bertz CT molecular complexity index is 230. The van der Waals surface area contributed by atoms with Gasteiger partial charge in [-0.2, -0.15) is 11.8 Å². The van der Waals surface area contributed by atoms with Crippen molar-refractivity contribution in [2.45, 2.75) is 55.9 Å². The summed E-state index contributed by atoms with van der Waals surface area (Å²) in [5.74, 6) is 0. The molecule has 1 saturated carbocycles. The molecule has 0 bridgehead atoms. The molecule has 1 heterocycles. The molecule has 1 unspecified atom stereocenters. The highest BCUT2D eigenvalue weighted by Crippen LogP contribution is 2.60. The lowest BCUT2D eigenvalue weighted by atomic mass is 9.57.